The van der Waals surface area contributed by atoms with E-state index >= 15 is 0 Å². The van der Waals surface area contributed by atoms with E-state index < -0.39 is 0 Å². The second-order valence-corrected chi connectivity index (χ2v) is 4.49. The Labute approximate surface area is 102 Å². The van der Waals surface area contributed by atoms with E-state index in [0.717, 1.165) is 18.3 Å². The molecule has 0 amide bonds. The van der Waals surface area contributed by atoms with Crippen molar-refractivity contribution in [3.05, 3.63) is 35.0 Å². The molecule has 0 aromatic carbocycles. The molecule has 16 heavy (non-hydrogen) atoms. The fourth-order valence-corrected chi connectivity index (χ4v) is 2.33. The van der Waals surface area contributed by atoms with Gasteiger partial charge in [0, 0.05) is 24.3 Å². The van der Waals surface area contributed by atoms with E-state index in [9.17, 15) is 4.79 Å². The maximum absolute atomic E-state index is 12.0. The SMILES string of the molecule is CCC(CBr)Cn1ccn2nccc2c1=O. The van der Waals surface area contributed by atoms with Gasteiger partial charge in [0.15, 0.2) is 0 Å². The van der Waals surface area contributed by atoms with Gasteiger partial charge in [-0.15, -0.1) is 0 Å². The summed E-state index contributed by atoms with van der Waals surface area (Å²) in [5.74, 6) is 0.489. The van der Waals surface area contributed by atoms with Gasteiger partial charge >= 0.3 is 0 Å². The van der Waals surface area contributed by atoms with Crippen molar-refractivity contribution in [2.24, 2.45) is 5.92 Å². The third-order valence-electron chi connectivity index (χ3n) is 2.79. The van der Waals surface area contributed by atoms with Crippen LogP contribution in [-0.4, -0.2) is 19.5 Å². The first-order valence-electron chi connectivity index (χ1n) is 5.35. The molecule has 0 radical (unpaired) electrons. The van der Waals surface area contributed by atoms with Crippen molar-refractivity contribution >= 4 is 21.4 Å². The summed E-state index contributed by atoms with van der Waals surface area (Å²) in [4.78, 5) is 12.0. The molecule has 4 nitrogen and oxygen atoms in total. The molecule has 0 aliphatic carbocycles. The van der Waals surface area contributed by atoms with Crippen LogP contribution in [-0.2, 0) is 6.54 Å². The molecule has 2 rings (SSSR count). The maximum Gasteiger partial charge on any atom is 0.276 e. The fraction of sp³-hybridized carbons (Fsp3) is 0.455. The molecule has 0 bridgehead atoms. The molecule has 0 N–H and O–H groups in total. The monoisotopic (exact) mass is 283 g/mol. The summed E-state index contributed by atoms with van der Waals surface area (Å²) >= 11 is 3.47. The molecule has 1 unspecified atom stereocenters. The number of nitrogens with zero attached hydrogens (tertiary/aromatic N) is 3. The first-order chi connectivity index (χ1) is 7.76. The maximum atomic E-state index is 12.0. The zero-order chi connectivity index (χ0) is 11.5. The van der Waals surface area contributed by atoms with Crippen molar-refractivity contribution in [1.29, 1.82) is 0 Å². The molecular formula is C11H14BrN3O. The normalized spacial score (nSPS) is 13.1. The Balaban J connectivity index is 2.37. The number of hydrogen-bond acceptors (Lipinski definition) is 2. The first-order valence-corrected chi connectivity index (χ1v) is 6.47. The quantitative estimate of drug-likeness (QED) is 0.805. The van der Waals surface area contributed by atoms with E-state index in [2.05, 4.69) is 28.0 Å². The molecule has 5 heteroatoms. The van der Waals surface area contributed by atoms with Crippen LogP contribution < -0.4 is 5.56 Å². The van der Waals surface area contributed by atoms with E-state index in [1.165, 1.54) is 0 Å². The average molecular weight is 284 g/mol. The van der Waals surface area contributed by atoms with Gasteiger partial charge in [0.25, 0.3) is 5.56 Å². The van der Waals surface area contributed by atoms with Gasteiger partial charge in [-0.3, -0.25) is 4.79 Å². The Kier molecular flexibility index (Phi) is 3.43. The number of alkyl halides is 1. The third kappa shape index (κ3) is 2.04. The lowest BCUT2D eigenvalue weighted by Crippen LogP contribution is -2.25. The third-order valence-corrected chi connectivity index (χ3v) is 3.70. The predicted molar refractivity (Wildman–Crippen MR) is 67.0 cm³/mol. The minimum atomic E-state index is 0.0272. The number of hydrogen-bond donors (Lipinski definition) is 0. The molecular weight excluding hydrogens is 270 g/mol. The molecule has 2 aromatic heterocycles. The summed E-state index contributed by atoms with van der Waals surface area (Å²) in [6.07, 6.45) is 6.32. The van der Waals surface area contributed by atoms with Crippen LogP contribution in [0.4, 0.5) is 0 Å². The molecule has 1 atom stereocenters. The summed E-state index contributed by atoms with van der Waals surface area (Å²) in [6, 6.07) is 1.74. The standard InChI is InChI=1S/C11H14BrN3O/c1-2-9(7-12)8-14-5-6-15-10(11(14)16)3-4-13-15/h3-6,9H,2,7-8H2,1H3. The van der Waals surface area contributed by atoms with Crippen LogP contribution in [0.15, 0.2) is 29.5 Å². The van der Waals surface area contributed by atoms with Gasteiger partial charge in [0.05, 0.1) is 6.20 Å². The lowest BCUT2D eigenvalue weighted by molar-refractivity contribution is 0.468. The summed E-state index contributed by atoms with van der Waals surface area (Å²) < 4.78 is 3.36. The zero-order valence-corrected chi connectivity index (χ0v) is 10.7. The van der Waals surface area contributed by atoms with E-state index in [1.54, 1.807) is 27.5 Å². The summed E-state index contributed by atoms with van der Waals surface area (Å²) in [5.41, 5.74) is 0.659. The number of rotatable bonds is 4. The van der Waals surface area contributed by atoms with Crippen molar-refractivity contribution in [3.8, 4) is 0 Å². The molecule has 2 aromatic rings. The topological polar surface area (TPSA) is 39.3 Å². The van der Waals surface area contributed by atoms with Crippen molar-refractivity contribution in [2.45, 2.75) is 19.9 Å². The smallest absolute Gasteiger partial charge is 0.276 e. The van der Waals surface area contributed by atoms with Crippen molar-refractivity contribution in [3.63, 3.8) is 0 Å². The molecule has 0 aliphatic heterocycles. The molecule has 0 spiro atoms. The average Bonchev–Trinajstić information content (AvgIpc) is 2.77. The molecule has 0 fully saturated rings. The van der Waals surface area contributed by atoms with E-state index in [1.807, 2.05) is 6.20 Å². The van der Waals surface area contributed by atoms with Crippen LogP contribution in [0, 0.1) is 5.92 Å². The summed E-state index contributed by atoms with van der Waals surface area (Å²) in [5, 5.41) is 4.95. The van der Waals surface area contributed by atoms with Gasteiger partial charge in [0.2, 0.25) is 0 Å². The van der Waals surface area contributed by atoms with Gasteiger partial charge in [-0.1, -0.05) is 29.3 Å². The Morgan fingerprint density at radius 1 is 1.50 bits per heavy atom. The highest BCUT2D eigenvalue weighted by atomic mass is 79.9. The summed E-state index contributed by atoms with van der Waals surface area (Å²) in [7, 11) is 0. The highest BCUT2D eigenvalue weighted by Crippen LogP contribution is 2.08. The van der Waals surface area contributed by atoms with Crippen molar-refractivity contribution in [2.75, 3.05) is 5.33 Å². The first kappa shape index (κ1) is 11.4. The van der Waals surface area contributed by atoms with Gasteiger partial charge in [-0.2, -0.15) is 5.10 Å². The van der Waals surface area contributed by atoms with Crippen LogP contribution in [0.5, 0.6) is 0 Å². The Morgan fingerprint density at radius 2 is 2.31 bits per heavy atom. The molecule has 0 aliphatic rings. The predicted octanol–water partition coefficient (Wildman–Crippen LogP) is 1.92. The Morgan fingerprint density at radius 3 is 3.00 bits per heavy atom. The minimum Gasteiger partial charge on any atom is -0.312 e. The molecule has 86 valence electrons. The Bertz CT molecular complexity index is 527. The van der Waals surface area contributed by atoms with Gasteiger partial charge in [-0.25, -0.2) is 4.52 Å². The number of aromatic nitrogens is 3. The van der Waals surface area contributed by atoms with Crippen LogP contribution >= 0.6 is 15.9 Å². The molecule has 0 saturated carbocycles. The lowest BCUT2D eigenvalue weighted by Gasteiger charge is -2.13. The largest absolute Gasteiger partial charge is 0.312 e. The highest BCUT2D eigenvalue weighted by Gasteiger charge is 2.08. The van der Waals surface area contributed by atoms with E-state index in [4.69, 9.17) is 0 Å². The van der Waals surface area contributed by atoms with Crippen LogP contribution in [0.2, 0.25) is 0 Å². The molecule has 2 heterocycles. The zero-order valence-electron chi connectivity index (χ0n) is 9.14. The number of fused-ring (bicyclic) bond motifs is 1. The van der Waals surface area contributed by atoms with Gasteiger partial charge in [0.1, 0.15) is 5.52 Å². The van der Waals surface area contributed by atoms with Crippen molar-refractivity contribution < 1.29 is 0 Å². The van der Waals surface area contributed by atoms with Crippen LogP contribution in [0.3, 0.4) is 0 Å². The fourth-order valence-electron chi connectivity index (χ4n) is 1.67. The summed E-state index contributed by atoms with van der Waals surface area (Å²) in [6.45, 7) is 2.89. The Hall–Kier alpha value is -1.10. The van der Waals surface area contributed by atoms with E-state index in [-0.39, 0.29) is 5.56 Å². The second-order valence-electron chi connectivity index (χ2n) is 3.85. The minimum absolute atomic E-state index is 0.0272. The lowest BCUT2D eigenvalue weighted by atomic mass is 10.1. The van der Waals surface area contributed by atoms with Crippen LogP contribution in [0.25, 0.3) is 5.52 Å². The second kappa shape index (κ2) is 4.82. The van der Waals surface area contributed by atoms with Crippen molar-refractivity contribution in [1.82, 2.24) is 14.2 Å². The molecule has 0 saturated heterocycles. The number of halogens is 1. The van der Waals surface area contributed by atoms with Gasteiger partial charge < -0.3 is 4.57 Å². The highest BCUT2D eigenvalue weighted by molar-refractivity contribution is 9.09. The van der Waals surface area contributed by atoms with Crippen LogP contribution in [0.1, 0.15) is 13.3 Å². The van der Waals surface area contributed by atoms with E-state index in [0.29, 0.717) is 11.4 Å². The van der Waals surface area contributed by atoms with Gasteiger partial charge in [-0.05, 0) is 12.0 Å².